The highest BCUT2D eigenvalue weighted by atomic mass is 35.5. The second-order valence-electron chi connectivity index (χ2n) is 4.55. The highest BCUT2D eigenvalue weighted by Gasteiger charge is 2.35. The normalized spacial score (nSPS) is 18.4. The van der Waals surface area contributed by atoms with E-state index in [-0.39, 0.29) is 24.0 Å². The van der Waals surface area contributed by atoms with E-state index in [2.05, 4.69) is 0 Å². The Hall–Kier alpha value is -1.40. The van der Waals surface area contributed by atoms with Gasteiger partial charge in [-0.15, -0.1) is 0 Å². The van der Waals surface area contributed by atoms with Gasteiger partial charge in [0.2, 0.25) is 0 Å². The fourth-order valence-electron chi connectivity index (χ4n) is 2.19. The molecule has 1 heterocycles. The van der Waals surface area contributed by atoms with Gasteiger partial charge >= 0.3 is 5.97 Å². The summed E-state index contributed by atoms with van der Waals surface area (Å²) in [7, 11) is 0. The average molecular weight is 329 g/mol. The minimum Gasteiger partial charge on any atom is -0.464 e. The zero-order valence-corrected chi connectivity index (χ0v) is 13.2. The van der Waals surface area contributed by atoms with E-state index in [1.54, 1.807) is 36.9 Å². The van der Waals surface area contributed by atoms with Crippen LogP contribution in [0.1, 0.15) is 17.3 Å². The van der Waals surface area contributed by atoms with Crippen LogP contribution >= 0.6 is 23.4 Å². The Kier molecular flexibility index (Phi) is 5.36. The van der Waals surface area contributed by atoms with E-state index in [0.717, 1.165) is 5.75 Å². The van der Waals surface area contributed by atoms with Crippen molar-refractivity contribution in [3.8, 4) is 0 Å². The average Bonchev–Trinajstić information content (AvgIpc) is 2.47. The molecule has 1 saturated heterocycles. The van der Waals surface area contributed by atoms with Crippen molar-refractivity contribution in [2.75, 3.05) is 30.4 Å². The van der Waals surface area contributed by atoms with Gasteiger partial charge in [0.1, 0.15) is 6.04 Å². The summed E-state index contributed by atoms with van der Waals surface area (Å²) in [4.78, 5) is 26.2. The number of ether oxygens (including phenoxy) is 1. The lowest BCUT2D eigenvalue weighted by Crippen LogP contribution is -2.51. The first-order chi connectivity index (χ1) is 10.1. The molecule has 114 valence electrons. The second-order valence-corrected chi connectivity index (χ2v) is 6.10. The molecular weight excluding hydrogens is 312 g/mol. The van der Waals surface area contributed by atoms with Crippen molar-refractivity contribution < 1.29 is 14.3 Å². The van der Waals surface area contributed by atoms with Crippen molar-refractivity contribution in [2.24, 2.45) is 0 Å². The number of carbonyl (C=O) groups is 2. The zero-order chi connectivity index (χ0) is 15.4. The fourth-order valence-corrected chi connectivity index (χ4v) is 3.48. The third-order valence-corrected chi connectivity index (χ3v) is 4.55. The van der Waals surface area contributed by atoms with Crippen molar-refractivity contribution in [1.29, 1.82) is 0 Å². The molecule has 0 aliphatic carbocycles. The number of hydrogen-bond donors (Lipinski definition) is 1. The molecule has 0 aromatic heterocycles. The molecule has 0 spiro atoms. The van der Waals surface area contributed by atoms with E-state index in [0.29, 0.717) is 23.0 Å². The molecule has 1 aliphatic rings. The predicted molar refractivity (Wildman–Crippen MR) is 84.6 cm³/mol. The van der Waals surface area contributed by atoms with Gasteiger partial charge in [-0.1, -0.05) is 17.7 Å². The lowest BCUT2D eigenvalue weighted by atomic mass is 10.1. The standard InChI is InChI=1S/C14H17ClN2O3S/c1-2-20-14(19)11-8-21-7-6-17(11)13(18)12-9(15)4-3-5-10(12)16/h3-5,11H,2,6-8,16H2,1H3. The van der Waals surface area contributed by atoms with Crippen LogP contribution in [0.5, 0.6) is 0 Å². The molecule has 5 nitrogen and oxygen atoms in total. The van der Waals surface area contributed by atoms with Crippen LogP contribution < -0.4 is 5.73 Å². The lowest BCUT2D eigenvalue weighted by molar-refractivity contribution is -0.147. The van der Waals surface area contributed by atoms with E-state index in [4.69, 9.17) is 22.1 Å². The molecule has 0 bridgehead atoms. The summed E-state index contributed by atoms with van der Waals surface area (Å²) in [5.74, 6) is 0.584. The molecule has 2 N–H and O–H groups in total. The number of hydrogen-bond acceptors (Lipinski definition) is 5. The minimum absolute atomic E-state index is 0.250. The maximum absolute atomic E-state index is 12.7. The monoisotopic (exact) mass is 328 g/mol. The summed E-state index contributed by atoms with van der Waals surface area (Å²) < 4.78 is 5.05. The van der Waals surface area contributed by atoms with E-state index >= 15 is 0 Å². The Morgan fingerprint density at radius 2 is 2.29 bits per heavy atom. The molecule has 1 fully saturated rings. The quantitative estimate of drug-likeness (QED) is 0.679. The molecule has 1 amide bonds. The van der Waals surface area contributed by atoms with Gasteiger partial charge in [-0.25, -0.2) is 4.79 Å². The molecule has 21 heavy (non-hydrogen) atoms. The second kappa shape index (κ2) is 7.04. The fraction of sp³-hybridized carbons (Fsp3) is 0.429. The number of benzene rings is 1. The molecule has 1 aliphatic heterocycles. The number of thioether (sulfide) groups is 1. The number of halogens is 1. The number of anilines is 1. The Labute approximate surface area is 132 Å². The van der Waals surface area contributed by atoms with E-state index in [1.807, 2.05) is 0 Å². The maximum Gasteiger partial charge on any atom is 0.329 e. The van der Waals surface area contributed by atoms with Gasteiger partial charge in [-0.3, -0.25) is 4.79 Å². The first-order valence-corrected chi connectivity index (χ1v) is 8.18. The van der Waals surface area contributed by atoms with Crippen molar-refractivity contribution in [3.05, 3.63) is 28.8 Å². The number of nitrogens with zero attached hydrogens (tertiary/aromatic N) is 1. The Balaban J connectivity index is 2.29. The van der Waals surface area contributed by atoms with Crippen LogP contribution in [-0.2, 0) is 9.53 Å². The van der Waals surface area contributed by atoms with Crippen LogP contribution in [0.2, 0.25) is 5.02 Å². The molecular formula is C14H17ClN2O3S. The smallest absolute Gasteiger partial charge is 0.329 e. The van der Waals surface area contributed by atoms with Crippen molar-refractivity contribution in [1.82, 2.24) is 4.90 Å². The SMILES string of the molecule is CCOC(=O)C1CSCCN1C(=O)c1c(N)cccc1Cl. The van der Waals surface area contributed by atoms with Crippen LogP contribution in [0.25, 0.3) is 0 Å². The minimum atomic E-state index is -0.591. The van der Waals surface area contributed by atoms with Gasteiger partial charge in [0.15, 0.2) is 0 Å². The highest BCUT2D eigenvalue weighted by Crippen LogP contribution is 2.27. The summed E-state index contributed by atoms with van der Waals surface area (Å²) in [6.45, 7) is 2.50. The molecule has 7 heteroatoms. The zero-order valence-electron chi connectivity index (χ0n) is 11.7. The lowest BCUT2D eigenvalue weighted by Gasteiger charge is -2.34. The molecule has 1 atom stereocenters. The number of rotatable bonds is 3. The topological polar surface area (TPSA) is 72.6 Å². The summed E-state index contributed by atoms with van der Waals surface area (Å²) >= 11 is 7.71. The molecule has 1 unspecified atom stereocenters. The van der Waals surface area contributed by atoms with Gasteiger partial charge in [0.05, 0.1) is 17.2 Å². The molecule has 1 aromatic carbocycles. The summed E-state index contributed by atoms with van der Waals surface area (Å²) in [5, 5.41) is 0.292. The number of esters is 1. The molecule has 1 aromatic rings. The molecule has 2 rings (SSSR count). The van der Waals surface area contributed by atoms with Crippen LogP contribution in [0, 0.1) is 0 Å². The van der Waals surface area contributed by atoms with Gasteiger partial charge in [-0.05, 0) is 19.1 Å². The van der Waals surface area contributed by atoms with Crippen LogP contribution in [0.15, 0.2) is 18.2 Å². The third kappa shape index (κ3) is 3.44. The number of amides is 1. The highest BCUT2D eigenvalue weighted by molar-refractivity contribution is 7.99. The summed E-state index contributed by atoms with van der Waals surface area (Å²) in [5.41, 5.74) is 6.42. The first kappa shape index (κ1) is 16.0. The number of carbonyl (C=O) groups excluding carboxylic acids is 2. The molecule has 0 saturated carbocycles. The summed E-state index contributed by atoms with van der Waals surface area (Å²) in [6.07, 6.45) is 0. The van der Waals surface area contributed by atoms with Crippen LogP contribution in [0.4, 0.5) is 5.69 Å². The van der Waals surface area contributed by atoms with Crippen LogP contribution in [-0.4, -0.2) is 47.5 Å². The first-order valence-electron chi connectivity index (χ1n) is 6.65. The van der Waals surface area contributed by atoms with E-state index in [9.17, 15) is 9.59 Å². The number of nitrogen functional groups attached to an aromatic ring is 1. The van der Waals surface area contributed by atoms with Crippen LogP contribution in [0.3, 0.4) is 0 Å². The van der Waals surface area contributed by atoms with Gasteiger partial charge in [0, 0.05) is 23.7 Å². The summed E-state index contributed by atoms with van der Waals surface area (Å²) in [6, 6.07) is 4.33. The number of nitrogens with two attached hydrogens (primary N) is 1. The predicted octanol–water partition coefficient (Wildman–Crippen LogP) is 2.04. The van der Waals surface area contributed by atoms with Crippen molar-refractivity contribution >= 4 is 40.9 Å². The van der Waals surface area contributed by atoms with Crippen molar-refractivity contribution in [3.63, 3.8) is 0 Å². The molecule has 0 radical (unpaired) electrons. The van der Waals surface area contributed by atoms with Gasteiger partial charge in [-0.2, -0.15) is 11.8 Å². The van der Waals surface area contributed by atoms with Gasteiger partial charge in [0.25, 0.3) is 5.91 Å². The van der Waals surface area contributed by atoms with E-state index in [1.165, 1.54) is 4.90 Å². The Morgan fingerprint density at radius 3 is 2.95 bits per heavy atom. The van der Waals surface area contributed by atoms with Gasteiger partial charge < -0.3 is 15.4 Å². The largest absolute Gasteiger partial charge is 0.464 e. The van der Waals surface area contributed by atoms with Crippen molar-refractivity contribution in [2.45, 2.75) is 13.0 Å². The Bertz CT molecular complexity index is 533. The third-order valence-electron chi connectivity index (χ3n) is 3.21. The Morgan fingerprint density at radius 1 is 1.52 bits per heavy atom. The maximum atomic E-state index is 12.7. The van der Waals surface area contributed by atoms with E-state index < -0.39 is 6.04 Å².